The number of nitrogens with one attached hydrogen (secondary N) is 2. The number of phenolic OH excluding ortho intramolecular Hbond substituents is 1. The average molecular weight is 418 g/mol. The van der Waals surface area contributed by atoms with Crippen LogP contribution in [0.25, 0.3) is 0 Å². The molecule has 0 aromatic heterocycles. The molecule has 128 valence electrons. The van der Waals surface area contributed by atoms with Gasteiger partial charge in [0, 0.05) is 21.4 Å². The Hall–Kier alpha value is -2.25. The fraction of sp³-hybridized carbons (Fsp3) is 0.167. The molecule has 7 heteroatoms. The standard InChI is InChI=1S/C18H16BrN3O2S/c1-10-15(17(24)21-12-5-3-2-4-6-12)16(22-18(25)20-10)13-9-11(19)7-8-14(13)23/h2-9,15-16,23H,1H3,(H,21,24)(H,22,25). The van der Waals surface area contributed by atoms with Gasteiger partial charge in [-0.1, -0.05) is 34.1 Å². The zero-order chi connectivity index (χ0) is 18.0. The largest absolute Gasteiger partial charge is 0.508 e. The van der Waals surface area contributed by atoms with Gasteiger partial charge in [-0.3, -0.25) is 4.79 Å². The summed E-state index contributed by atoms with van der Waals surface area (Å²) >= 11 is 8.58. The molecule has 0 saturated heterocycles. The highest BCUT2D eigenvalue weighted by Crippen LogP contribution is 2.35. The number of para-hydroxylation sites is 1. The summed E-state index contributed by atoms with van der Waals surface area (Å²) in [5.41, 5.74) is 1.88. The number of hydrogen-bond acceptors (Lipinski definition) is 3. The third-order valence-corrected chi connectivity index (χ3v) is 4.69. The number of carbonyl (C=O) groups is 1. The number of benzene rings is 2. The molecule has 2 atom stereocenters. The highest BCUT2D eigenvalue weighted by atomic mass is 79.9. The topological polar surface area (TPSA) is 73.7 Å². The molecule has 2 aromatic rings. The molecule has 0 radical (unpaired) electrons. The van der Waals surface area contributed by atoms with E-state index in [0.717, 1.165) is 4.47 Å². The Balaban J connectivity index is 1.97. The van der Waals surface area contributed by atoms with Crippen molar-refractivity contribution < 1.29 is 9.90 Å². The van der Waals surface area contributed by atoms with Crippen LogP contribution in [0.15, 0.2) is 58.0 Å². The first-order valence-electron chi connectivity index (χ1n) is 7.65. The second kappa shape index (κ2) is 7.33. The zero-order valence-corrected chi connectivity index (χ0v) is 15.8. The van der Waals surface area contributed by atoms with Crippen LogP contribution in [-0.2, 0) is 4.79 Å². The summed E-state index contributed by atoms with van der Waals surface area (Å²) in [6, 6.07) is 13.8. The molecule has 1 aliphatic heterocycles. The van der Waals surface area contributed by atoms with E-state index < -0.39 is 12.0 Å². The highest BCUT2D eigenvalue weighted by Gasteiger charge is 2.37. The van der Waals surface area contributed by atoms with Crippen LogP contribution in [-0.4, -0.2) is 21.8 Å². The fourth-order valence-corrected chi connectivity index (χ4v) is 3.48. The molecular formula is C18H16BrN3O2S. The molecule has 0 aliphatic carbocycles. The average Bonchev–Trinajstić information content (AvgIpc) is 2.57. The quantitative estimate of drug-likeness (QED) is 0.663. The number of aliphatic imine (C=N–C) groups is 1. The van der Waals surface area contributed by atoms with Crippen LogP contribution in [0.4, 0.5) is 5.69 Å². The molecular weight excluding hydrogens is 402 g/mol. The van der Waals surface area contributed by atoms with Crippen LogP contribution in [0, 0.1) is 5.92 Å². The van der Waals surface area contributed by atoms with E-state index in [-0.39, 0.29) is 11.7 Å². The van der Waals surface area contributed by atoms with Crippen LogP contribution in [0.2, 0.25) is 0 Å². The van der Waals surface area contributed by atoms with Gasteiger partial charge in [-0.15, -0.1) is 0 Å². The van der Waals surface area contributed by atoms with E-state index in [4.69, 9.17) is 12.2 Å². The predicted molar refractivity (Wildman–Crippen MR) is 106 cm³/mol. The van der Waals surface area contributed by atoms with E-state index >= 15 is 0 Å². The molecule has 3 N–H and O–H groups in total. The van der Waals surface area contributed by atoms with E-state index in [1.165, 1.54) is 0 Å². The maximum Gasteiger partial charge on any atom is 0.235 e. The summed E-state index contributed by atoms with van der Waals surface area (Å²) in [5, 5.41) is 16.5. The molecule has 0 bridgehead atoms. The number of rotatable bonds is 3. The van der Waals surface area contributed by atoms with E-state index in [0.29, 0.717) is 22.1 Å². The van der Waals surface area contributed by atoms with Crippen LogP contribution in [0.1, 0.15) is 18.5 Å². The number of hydrogen-bond donors (Lipinski definition) is 3. The first-order chi connectivity index (χ1) is 12.0. The summed E-state index contributed by atoms with van der Waals surface area (Å²) in [7, 11) is 0. The van der Waals surface area contributed by atoms with E-state index in [2.05, 4.69) is 31.6 Å². The van der Waals surface area contributed by atoms with Crippen molar-refractivity contribution in [2.24, 2.45) is 10.9 Å². The Kier molecular flexibility index (Phi) is 5.15. The SMILES string of the molecule is CC1=NC(=S)NC(c2cc(Br)ccc2O)C1C(=O)Nc1ccccc1. The Morgan fingerprint density at radius 1 is 1.28 bits per heavy atom. The van der Waals surface area contributed by atoms with E-state index in [1.807, 2.05) is 30.3 Å². The number of nitrogens with zero attached hydrogens (tertiary/aromatic N) is 1. The van der Waals surface area contributed by atoms with Gasteiger partial charge in [-0.25, -0.2) is 4.99 Å². The molecule has 1 heterocycles. The lowest BCUT2D eigenvalue weighted by molar-refractivity contribution is -0.118. The first-order valence-corrected chi connectivity index (χ1v) is 8.86. The second-order valence-electron chi connectivity index (χ2n) is 5.72. The summed E-state index contributed by atoms with van der Waals surface area (Å²) in [4.78, 5) is 17.1. The number of thiocarbonyl (C=S) groups is 1. The number of halogens is 1. The van der Waals surface area contributed by atoms with Gasteiger partial charge in [-0.05, 0) is 49.5 Å². The maximum absolute atomic E-state index is 12.9. The Labute approximate surface area is 159 Å². The van der Waals surface area contributed by atoms with Crippen molar-refractivity contribution in [3.63, 3.8) is 0 Å². The van der Waals surface area contributed by atoms with E-state index in [9.17, 15) is 9.90 Å². The third kappa shape index (κ3) is 3.88. The monoisotopic (exact) mass is 417 g/mol. The molecule has 3 rings (SSSR count). The van der Waals surface area contributed by atoms with Gasteiger partial charge < -0.3 is 15.7 Å². The molecule has 0 fully saturated rings. The number of anilines is 1. The third-order valence-electron chi connectivity index (χ3n) is 3.99. The van der Waals surface area contributed by atoms with Crippen molar-refractivity contribution in [2.45, 2.75) is 13.0 Å². The minimum Gasteiger partial charge on any atom is -0.508 e. The van der Waals surface area contributed by atoms with Crippen LogP contribution in [0.3, 0.4) is 0 Å². The van der Waals surface area contributed by atoms with Crippen molar-refractivity contribution >= 4 is 50.6 Å². The molecule has 1 amide bonds. The van der Waals surface area contributed by atoms with Crippen LogP contribution in [0.5, 0.6) is 5.75 Å². The summed E-state index contributed by atoms with van der Waals surface area (Å²) in [6.07, 6.45) is 0. The first kappa shape index (κ1) is 17.6. The molecule has 2 unspecified atom stereocenters. The van der Waals surface area contributed by atoms with Gasteiger partial charge in [0.15, 0.2) is 5.11 Å². The molecule has 25 heavy (non-hydrogen) atoms. The zero-order valence-electron chi connectivity index (χ0n) is 13.4. The van der Waals surface area contributed by atoms with Crippen LogP contribution >= 0.6 is 28.1 Å². The molecule has 0 saturated carbocycles. The van der Waals surface area contributed by atoms with Crippen molar-refractivity contribution in [3.8, 4) is 5.75 Å². The van der Waals surface area contributed by atoms with Gasteiger partial charge in [-0.2, -0.15) is 0 Å². The Bertz CT molecular complexity index is 855. The van der Waals surface area contributed by atoms with Gasteiger partial charge >= 0.3 is 0 Å². The molecule has 5 nitrogen and oxygen atoms in total. The summed E-state index contributed by atoms with van der Waals surface area (Å²) in [6.45, 7) is 1.77. The van der Waals surface area contributed by atoms with Crippen molar-refractivity contribution in [3.05, 3.63) is 58.6 Å². The highest BCUT2D eigenvalue weighted by molar-refractivity contribution is 9.10. The maximum atomic E-state index is 12.9. The Morgan fingerprint density at radius 3 is 2.72 bits per heavy atom. The molecule has 1 aliphatic rings. The molecule has 0 spiro atoms. The van der Waals surface area contributed by atoms with Gasteiger partial charge in [0.2, 0.25) is 5.91 Å². The number of aromatic hydroxyl groups is 1. The van der Waals surface area contributed by atoms with Crippen LogP contribution < -0.4 is 10.6 Å². The minimum atomic E-state index is -0.605. The van der Waals surface area contributed by atoms with Crippen molar-refractivity contribution in [2.75, 3.05) is 5.32 Å². The number of amides is 1. The van der Waals surface area contributed by atoms with Gasteiger partial charge in [0.05, 0.1) is 6.04 Å². The van der Waals surface area contributed by atoms with E-state index in [1.54, 1.807) is 25.1 Å². The smallest absolute Gasteiger partial charge is 0.235 e. The summed E-state index contributed by atoms with van der Waals surface area (Å²) in [5.74, 6) is -0.727. The minimum absolute atomic E-state index is 0.0933. The van der Waals surface area contributed by atoms with Crippen molar-refractivity contribution in [1.82, 2.24) is 5.32 Å². The lowest BCUT2D eigenvalue weighted by atomic mass is 9.87. The summed E-state index contributed by atoms with van der Waals surface area (Å²) < 4.78 is 0.801. The second-order valence-corrected chi connectivity index (χ2v) is 7.02. The lowest BCUT2D eigenvalue weighted by Crippen LogP contribution is -2.45. The van der Waals surface area contributed by atoms with Gasteiger partial charge in [0.25, 0.3) is 0 Å². The molecule has 2 aromatic carbocycles. The Morgan fingerprint density at radius 2 is 2.00 bits per heavy atom. The lowest BCUT2D eigenvalue weighted by Gasteiger charge is -2.32. The number of phenols is 1. The fourth-order valence-electron chi connectivity index (χ4n) is 2.83. The normalized spacial score (nSPS) is 19.8. The number of carbonyl (C=O) groups excluding carboxylic acids is 1. The van der Waals surface area contributed by atoms with Crippen molar-refractivity contribution in [1.29, 1.82) is 0 Å². The van der Waals surface area contributed by atoms with Gasteiger partial charge in [0.1, 0.15) is 11.7 Å². The predicted octanol–water partition coefficient (Wildman–Crippen LogP) is 3.80.